The van der Waals surface area contributed by atoms with Crippen molar-refractivity contribution in [2.24, 2.45) is 22.9 Å². The minimum Gasteiger partial charge on any atom is -0.467 e. The van der Waals surface area contributed by atoms with E-state index in [9.17, 15) is 0 Å². The maximum Gasteiger partial charge on any atom is 0.259 e. The first-order valence-corrected chi connectivity index (χ1v) is 11.5. The molecule has 28 heavy (non-hydrogen) atoms. The molecule has 0 heterocycles. The summed E-state index contributed by atoms with van der Waals surface area (Å²) in [4.78, 5) is 4.85. The van der Waals surface area contributed by atoms with E-state index in [4.69, 9.17) is 27.2 Å². The van der Waals surface area contributed by atoms with Crippen LogP contribution in [0.1, 0.15) is 77.6 Å². The van der Waals surface area contributed by atoms with Crippen molar-refractivity contribution in [2.75, 3.05) is 20.7 Å². The summed E-state index contributed by atoms with van der Waals surface area (Å²) in [6.45, 7) is 2.94. The van der Waals surface area contributed by atoms with Crippen LogP contribution < -0.4 is 0 Å². The molecule has 0 aliphatic heterocycles. The van der Waals surface area contributed by atoms with E-state index in [2.05, 4.69) is 16.9 Å². The van der Waals surface area contributed by atoms with Crippen LogP contribution in [0, 0.1) is 17.8 Å². The van der Waals surface area contributed by atoms with Gasteiger partial charge in [0.1, 0.15) is 12.3 Å². The third-order valence-corrected chi connectivity index (χ3v) is 6.75. The fourth-order valence-electron chi connectivity index (χ4n) is 4.67. The van der Waals surface area contributed by atoms with Crippen molar-refractivity contribution in [1.82, 2.24) is 4.90 Å². The highest BCUT2D eigenvalue weighted by Gasteiger charge is 2.47. The lowest BCUT2D eigenvalue weighted by Gasteiger charge is -2.30. The second kappa shape index (κ2) is 12.5. The SMILES string of the molecule is CCCCCCCCCC(N=[N+]=[N-])OCC1CC2CC1CC2OC(=S)N(C)C. The fraction of sp³-hybridized carbons (Fsp3) is 0.952. The van der Waals surface area contributed by atoms with Gasteiger partial charge >= 0.3 is 0 Å². The molecule has 0 spiro atoms. The number of nitrogens with zero attached hydrogens (tertiary/aromatic N) is 4. The van der Waals surface area contributed by atoms with E-state index in [0.717, 1.165) is 25.7 Å². The quantitative estimate of drug-likeness (QED) is 0.122. The Balaban J connectivity index is 1.64. The Hall–Kier alpha value is -1.04. The van der Waals surface area contributed by atoms with Gasteiger partial charge in [0.05, 0.1) is 6.61 Å². The molecule has 2 saturated carbocycles. The first-order valence-electron chi connectivity index (χ1n) is 11.1. The first kappa shape index (κ1) is 23.2. The van der Waals surface area contributed by atoms with Crippen molar-refractivity contribution in [3.05, 3.63) is 10.4 Å². The van der Waals surface area contributed by atoms with Gasteiger partial charge in [-0.25, -0.2) is 0 Å². The van der Waals surface area contributed by atoms with Crippen LogP contribution in [0.5, 0.6) is 0 Å². The summed E-state index contributed by atoms with van der Waals surface area (Å²) in [6, 6.07) is 0. The molecule has 5 atom stereocenters. The van der Waals surface area contributed by atoms with E-state index in [1.807, 2.05) is 19.0 Å². The Morgan fingerprint density at radius 3 is 2.43 bits per heavy atom. The van der Waals surface area contributed by atoms with Crippen LogP contribution in [-0.2, 0) is 9.47 Å². The summed E-state index contributed by atoms with van der Waals surface area (Å²) in [5.41, 5.74) is 8.84. The van der Waals surface area contributed by atoms with E-state index < -0.39 is 0 Å². The molecule has 2 rings (SSSR count). The van der Waals surface area contributed by atoms with Gasteiger partial charge < -0.3 is 14.4 Å². The Morgan fingerprint density at radius 2 is 1.82 bits per heavy atom. The number of hydrogen-bond donors (Lipinski definition) is 0. The zero-order chi connectivity index (χ0) is 20.4. The molecule has 0 saturated heterocycles. The normalized spacial score (nSPS) is 26.7. The van der Waals surface area contributed by atoms with Gasteiger partial charge in [-0.05, 0) is 61.2 Å². The van der Waals surface area contributed by atoms with Gasteiger partial charge in [0.2, 0.25) is 0 Å². The van der Waals surface area contributed by atoms with Gasteiger partial charge in [0.15, 0.2) is 0 Å². The molecule has 2 fully saturated rings. The van der Waals surface area contributed by atoms with Gasteiger partial charge in [0, 0.05) is 19.0 Å². The Kier molecular flexibility index (Phi) is 10.4. The third kappa shape index (κ3) is 7.41. The summed E-state index contributed by atoms with van der Waals surface area (Å²) >= 11 is 5.29. The van der Waals surface area contributed by atoms with Crippen LogP contribution in [0.15, 0.2) is 5.11 Å². The molecule has 0 radical (unpaired) electrons. The highest BCUT2D eigenvalue weighted by molar-refractivity contribution is 7.80. The highest BCUT2D eigenvalue weighted by atomic mass is 32.1. The van der Waals surface area contributed by atoms with Crippen molar-refractivity contribution >= 4 is 17.4 Å². The van der Waals surface area contributed by atoms with Crippen molar-refractivity contribution in [2.45, 2.75) is 89.9 Å². The second-order valence-corrected chi connectivity index (χ2v) is 9.06. The maximum absolute atomic E-state index is 8.84. The minimum absolute atomic E-state index is 0.261. The summed E-state index contributed by atoms with van der Waals surface area (Å²) < 4.78 is 12.0. The van der Waals surface area contributed by atoms with Crippen LogP contribution in [0.4, 0.5) is 0 Å². The lowest BCUT2D eigenvalue weighted by molar-refractivity contribution is 0.00239. The van der Waals surface area contributed by atoms with Gasteiger partial charge in [-0.3, -0.25) is 0 Å². The molecule has 7 heteroatoms. The van der Waals surface area contributed by atoms with Crippen LogP contribution in [0.2, 0.25) is 0 Å². The Labute approximate surface area is 176 Å². The number of hydrogen-bond acceptors (Lipinski definition) is 4. The third-order valence-electron chi connectivity index (χ3n) is 6.29. The van der Waals surface area contributed by atoms with Crippen molar-refractivity contribution < 1.29 is 9.47 Å². The molecule has 160 valence electrons. The van der Waals surface area contributed by atoms with Crippen LogP contribution in [-0.4, -0.2) is 43.1 Å². The average Bonchev–Trinajstić information content (AvgIpc) is 3.25. The molecule has 0 N–H and O–H groups in total. The van der Waals surface area contributed by atoms with E-state index in [1.165, 1.54) is 44.9 Å². The van der Waals surface area contributed by atoms with E-state index in [1.54, 1.807) is 0 Å². The number of azide groups is 1. The Bertz CT molecular complexity index is 525. The lowest BCUT2D eigenvalue weighted by Crippen LogP contribution is -2.33. The molecular formula is C21H38N4O2S. The predicted molar refractivity (Wildman–Crippen MR) is 117 cm³/mol. The van der Waals surface area contributed by atoms with E-state index in [0.29, 0.717) is 29.5 Å². The number of ether oxygens (including phenoxy) is 2. The topological polar surface area (TPSA) is 70.5 Å². The van der Waals surface area contributed by atoms with Crippen molar-refractivity contribution in [1.29, 1.82) is 0 Å². The van der Waals surface area contributed by atoms with Crippen molar-refractivity contribution in [3.8, 4) is 0 Å². The molecule has 2 aliphatic carbocycles. The Morgan fingerprint density at radius 1 is 1.11 bits per heavy atom. The predicted octanol–water partition coefficient (Wildman–Crippen LogP) is 6.06. The van der Waals surface area contributed by atoms with Gasteiger partial charge in [-0.1, -0.05) is 57.0 Å². The minimum atomic E-state index is -0.312. The molecule has 5 unspecified atom stereocenters. The average molecular weight is 411 g/mol. The summed E-state index contributed by atoms with van der Waals surface area (Å²) in [5.74, 6) is 1.78. The molecule has 6 nitrogen and oxygen atoms in total. The fourth-order valence-corrected chi connectivity index (χ4v) is 4.79. The molecular weight excluding hydrogens is 372 g/mol. The molecule has 0 aromatic carbocycles. The van der Waals surface area contributed by atoms with Gasteiger partial charge in [-0.2, -0.15) is 0 Å². The summed E-state index contributed by atoms with van der Waals surface area (Å²) in [6.07, 6.45) is 13.0. The number of unbranched alkanes of at least 4 members (excludes halogenated alkanes) is 6. The highest BCUT2D eigenvalue weighted by Crippen LogP contribution is 2.50. The summed E-state index contributed by atoms with van der Waals surface area (Å²) in [5, 5.41) is 4.47. The smallest absolute Gasteiger partial charge is 0.259 e. The number of thiocarbonyl (C=S) groups is 1. The molecule has 0 amide bonds. The summed E-state index contributed by atoms with van der Waals surface area (Å²) in [7, 11) is 3.85. The van der Waals surface area contributed by atoms with Gasteiger partial charge in [0.25, 0.3) is 5.17 Å². The van der Waals surface area contributed by atoms with Crippen LogP contribution in [0.3, 0.4) is 0 Å². The van der Waals surface area contributed by atoms with Crippen LogP contribution in [0.25, 0.3) is 10.4 Å². The molecule has 2 bridgehead atoms. The van der Waals surface area contributed by atoms with Gasteiger partial charge in [-0.15, -0.1) is 0 Å². The molecule has 2 aliphatic rings. The second-order valence-electron chi connectivity index (χ2n) is 8.71. The molecule has 0 aromatic heterocycles. The van der Waals surface area contributed by atoms with Crippen molar-refractivity contribution in [3.63, 3.8) is 0 Å². The zero-order valence-corrected chi connectivity index (χ0v) is 18.7. The van der Waals surface area contributed by atoms with E-state index >= 15 is 0 Å². The zero-order valence-electron chi connectivity index (χ0n) is 17.9. The monoisotopic (exact) mass is 410 g/mol. The lowest BCUT2D eigenvalue weighted by atomic mass is 9.88. The maximum atomic E-state index is 8.84. The van der Waals surface area contributed by atoms with E-state index in [-0.39, 0.29) is 12.3 Å². The number of rotatable bonds is 13. The largest absolute Gasteiger partial charge is 0.467 e. The number of fused-ring (bicyclic) bond motifs is 2. The standard InChI is InChI=1S/C21H38N4O2S/c1-4-5-6-7-8-9-10-11-20(23-24-22)26-15-18-13-17-12-16(18)14-19(17)27-21(28)25(2)3/h16-20H,4-15H2,1-3H3. The first-order chi connectivity index (χ1) is 13.5. The molecule has 0 aromatic rings. The van der Waals surface area contributed by atoms with Crippen LogP contribution >= 0.6 is 12.2 Å².